The quantitative estimate of drug-likeness (QED) is 0.655. The molecule has 0 radical (unpaired) electrons. The zero-order valence-corrected chi connectivity index (χ0v) is 16.5. The van der Waals surface area contributed by atoms with Crippen LogP contribution in [0, 0.1) is 0 Å². The van der Waals surface area contributed by atoms with E-state index in [-0.39, 0.29) is 17.5 Å². The summed E-state index contributed by atoms with van der Waals surface area (Å²) in [6.45, 7) is 4.87. The zero-order chi connectivity index (χ0) is 21.4. The molecule has 9 heteroatoms. The number of ether oxygens (including phenoxy) is 3. The third-order valence-electron chi connectivity index (χ3n) is 5.82. The molecule has 156 valence electrons. The number of imide groups is 1. The van der Waals surface area contributed by atoms with Crippen LogP contribution in [0.25, 0.3) is 0 Å². The Hall–Kier alpha value is -2.49. The van der Waals surface area contributed by atoms with Gasteiger partial charge in [-0.1, -0.05) is 18.2 Å². The fourth-order valence-electron chi connectivity index (χ4n) is 4.80. The highest BCUT2D eigenvalue weighted by molar-refractivity contribution is 6.09. The monoisotopic (exact) mass is 405 g/mol. The first kappa shape index (κ1) is 19.8. The van der Waals surface area contributed by atoms with Gasteiger partial charge in [0.2, 0.25) is 5.72 Å². The van der Waals surface area contributed by atoms with Crippen molar-refractivity contribution >= 4 is 18.0 Å². The summed E-state index contributed by atoms with van der Waals surface area (Å²) in [5.74, 6) is -1.57. The highest BCUT2D eigenvalue weighted by Gasteiger charge is 2.82. The van der Waals surface area contributed by atoms with Gasteiger partial charge in [0.25, 0.3) is 5.91 Å². The number of hydrogen-bond acceptors (Lipinski definition) is 8. The van der Waals surface area contributed by atoms with Gasteiger partial charge in [-0.05, 0) is 32.4 Å². The lowest BCUT2D eigenvalue weighted by Crippen LogP contribution is -2.75. The number of rotatable bonds is 1. The molecule has 2 saturated heterocycles. The van der Waals surface area contributed by atoms with E-state index in [1.54, 1.807) is 39.0 Å². The van der Waals surface area contributed by atoms with Crippen molar-refractivity contribution in [3.63, 3.8) is 0 Å². The van der Waals surface area contributed by atoms with E-state index in [2.05, 4.69) is 0 Å². The van der Waals surface area contributed by atoms with Gasteiger partial charge in [0, 0.05) is 12.0 Å². The Labute approximate surface area is 167 Å². The lowest BCUT2D eigenvalue weighted by molar-refractivity contribution is -0.191. The molecule has 3 aliphatic rings. The Bertz CT molecular complexity index is 908. The second-order valence-corrected chi connectivity index (χ2v) is 8.56. The van der Waals surface area contributed by atoms with Gasteiger partial charge in [-0.15, -0.1) is 0 Å². The number of aliphatic hydroxyl groups is 2. The van der Waals surface area contributed by atoms with Crippen LogP contribution in [0.3, 0.4) is 0 Å². The number of fused-ring (bicyclic) bond motifs is 3. The molecule has 2 bridgehead atoms. The van der Waals surface area contributed by atoms with Crippen LogP contribution >= 0.6 is 0 Å². The van der Waals surface area contributed by atoms with E-state index in [0.717, 1.165) is 0 Å². The Morgan fingerprint density at radius 2 is 1.90 bits per heavy atom. The third kappa shape index (κ3) is 2.29. The van der Waals surface area contributed by atoms with Gasteiger partial charge in [-0.2, -0.15) is 0 Å². The molecule has 2 fully saturated rings. The molecule has 4 rings (SSSR count). The maximum absolute atomic E-state index is 13.4. The molecule has 29 heavy (non-hydrogen) atoms. The average molecular weight is 405 g/mol. The molecule has 1 aromatic carbocycles. The summed E-state index contributed by atoms with van der Waals surface area (Å²) in [6, 6.07) is 6.30. The average Bonchev–Trinajstić information content (AvgIpc) is 3.13. The molecule has 3 heterocycles. The summed E-state index contributed by atoms with van der Waals surface area (Å²) >= 11 is 0. The van der Waals surface area contributed by atoms with Gasteiger partial charge < -0.3 is 24.4 Å². The number of methoxy groups -OCH3 is 1. The normalized spacial score (nSPS) is 35.2. The standard InChI is InChI=1S/C20H23NO8/c1-18(2,3)29-17(26)21-15(24)10-7-5-6-8-11(10)19(16(25)27-4)9-12-13(22)14(23)20(19,21)28-12/h5-8,12-14,22-23H,9H2,1-4H3/t12-,13-,14-,19-,20-/m1/s1. The van der Waals surface area contributed by atoms with Crippen molar-refractivity contribution in [2.24, 2.45) is 0 Å². The molecular formula is C20H23NO8. The molecule has 9 nitrogen and oxygen atoms in total. The van der Waals surface area contributed by atoms with Crippen LogP contribution < -0.4 is 0 Å². The number of hydrogen-bond donors (Lipinski definition) is 2. The molecule has 0 unspecified atom stereocenters. The minimum Gasteiger partial charge on any atom is -0.468 e. The summed E-state index contributed by atoms with van der Waals surface area (Å²) < 4.78 is 16.3. The number of nitrogens with zero attached hydrogens (tertiary/aromatic N) is 1. The Morgan fingerprint density at radius 1 is 1.24 bits per heavy atom. The van der Waals surface area contributed by atoms with Crippen molar-refractivity contribution < 1.29 is 38.8 Å². The van der Waals surface area contributed by atoms with Crippen molar-refractivity contribution in [1.82, 2.24) is 4.90 Å². The van der Waals surface area contributed by atoms with Crippen molar-refractivity contribution in [1.29, 1.82) is 0 Å². The summed E-state index contributed by atoms with van der Waals surface area (Å²) in [5, 5.41) is 21.4. The van der Waals surface area contributed by atoms with Gasteiger partial charge in [-0.25, -0.2) is 9.69 Å². The van der Waals surface area contributed by atoms with Gasteiger partial charge in [0.15, 0.2) is 0 Å². The predicted octanol–water partition coefficient (Wildman–Crippen LogP) is 0.709. The van der Waals surface area contributed by atoms with Crippen molar-refractivity contribution in [3.8, 4) is 0 Å². The summed E-state index contributed by atoms with van der Waals surface area (Å²) in [4.78, 5) is 40.3. The van der Waals surface area contributed by atoms with E-state index in [1.165, 1.54) is 13.2 Å². The number of amides is 2. The van der Waals surface area contributed by atoms with E-state index < -0.39 is 53.0 Å². The summed E-state index contributed by atoms with van der Waals surface area (Å²) in [7, 11) is 1.18. The first-order valence-corrected chi connectivity index (χ1v) is 9.30. The fraction of sp³-hybridized carbons (Fsp3) is 0.550. The maximum Gasteiger partial charge on any atom is 0.419 e. The lowest BCUT2D eigenvalue weighted by Gasteiger charge is -2.53. The van der Waals surface area contributed by atoms with E-state index >= 15 is 0 Å². The first-order chi connectivity index (χ1) is 13.5. The predicted molar refractivity (Wildman–Crippen MR) is 96.8 cm³/mol. The van der Waals surface area contributed by atoms with Crippen LogP contribution in [-0.2, 0) is 24.4 Å². The number of carbonyl (C=O) groups excluding carboxylic acids is 3. The molecule has 0 aromatic heterocycles. The fourth-order valence-corrected chi connectivity index (χ4v) is 4.80. The van der Waals surface area contributed by atoms with E-state index in [4.69, 9.17) is 14.2 Å². The van der Waals surface area contributed by atoms with Crippen LogP contribution in [0.2, 0.25) is 0 Å². The van der Waals surface area contributed by atoms with Gasteiger partial charge in [0.1, 0.15) is 23.2 Å². The highest BCUT2D eigenvalue weighted by atomic mass is 16.6. The Morgan fingerprint density at radius 3 is 2.48 bits per heavy atom. The van der Waals surface area contributed by atoms with Gasteiger partial charge >= 0.3 is 12.1 Å². The van der Waals surface area contributed by atoms with Crippen LogP contribution in [0.4, 0.5) is 4.79 Å². The second-order valence-electron chi connectivity index (χ2n) is 8.56. The summed E-state index contributed by atoms with van der Waals surface area (Å²) in [6.07, 6.45) is -5.25. The van der Waals surface area contributed by atoms with E-state index in [0.29, 0.717) is 4.90 Å². The van der Waals surface area contributed by atoms with Gasteiger partial charge in [0.05, 0.1) is 13.2 Å². The number of benzene rings is 1. The van der Waals surface area contributed by atoms with Crippen LogP contribution in [-0.4, -0.2) is 69.8 Å². The lowest BCUT2D eigenvalue weighted by atomic mass is 9.60. The summed E-state index contributed by atoms with van der Waals surface area (Å²) in [5.41, 5.74) is -4.46. The maximum atomic E-state index is 13.4. The number of aliphatic hydroxyl groups excluding tert-OH is 2. The largest absolute Gasteiger partial charge is 0.468 e. The molecule has 2 N–H and O–H groups in total. The molecule has 0 aliphatic carbocycles. The SMILES string of the molecule is COC(=O)[C@]12C[C@H]3O[C@@]1([C@H](O)[C@@H]3O)N(C(=O)OC(C)(C)C)C(=O)c1ccccc12. The molecule has 5 atom stereocenters. The van der Waals surface area contributed by atoms with Crippen LogP contribution in [0.1, 0.15) is 43.1 Å². The molecule has 2 amide bonds. The third-order valence-corrected chi connectivity index (χ3v) is 5.82. The smallest absolute Gasteiger partial charge is 0.419 e. The van der Waals surface area contributed by atoms with Crippen molar-refractivity contribution in [2.45, 2.75) is 62.2 Å². The zero-order valence-electron chi connectivity index (χ0n) is 16.5. The molecular weight excluding hydrogens is 382 g/mol. The van der Waals surface area contributed by atoms with E-state index in [9.17, 15) is 24.6 Å². The molecule has 1 spiro atoms. The van der Waals surface area contributed by atoms with Crippen LogP contribution in [0.5, 0.6) is 0 Å². The minimum absolute atomic E-state index is 0.0680. The van der Waals surface area contributed by atoms with Gasteiger partial charge in [-0.3, -0.25) is 9.59 Å². The highest BCUT2D eigenvalue weighted by Crippen LogP contribution is 2.62. The Kier molecular flexibility index (Phi) is 4.10. The minimum atomic E-state index is -2.18. The van der Waals surface area contributed by atoms with Crippen molar-refractivity contribution in [3.05, 3.63) is 35.4 Å². The number of esters is 1. The molecule has 3 aliphatic heterocycles. The second kappa shape index (κ2) is 6.01. The molecule has 0 saturated carbocycles. The van der Waals surface area contributed by atoms with Crippen molar-refractivity contribution in [2.75, 3.05) is 7.11 Å². The Balaban J connectivity index is 2.02. The number of carbonyl (C=O) groups is 3. The molecule has 1 aromatic rings. The topological polar surface area (TPSA) is 123 Å². The van der Waals surface area contributed by atoms with Crippen LogP contribution in [0.15, 0.2) is 24.3 Å². The van der Waals surface area contributed by atoms with E-state index in [1.807, 2.05) is 0 Å². The first-order valence-electron chi connectivity index (χ1n) is 9.30.